The van der Waals surface area contributed by atoms with Gasteiger partial charge in [0, 0.05) is 24.0 Å². The fourth-order valence-corrected chi connectivity index (χ4v) is 6.06. The largest absolute Gasteiger partial charge is 0.386 e. The molecule has 3 N–H and O–H groups in total. The van der Waals surface area contributed by atoms with Crippen LogP contribution in [-0.2, 0) is 15.3 Å². The number of anilines is 1. The first-order valence-corrected chi connectivity index (χ1v) is 11.7. The Labute approximate surface area is 186 Å². The molecule has 2 atom stereocenters. The molecular weight excluding hydrogens is 431 g/mol. The van der Waals surface area contributed by atoms with E-state index in [1.165, 1.54) is 36.5 Å². The first kappa shape index (κ1) is 23.3. The van der Waals surface area contributed by atoms with Crippen LogP contribution >= 0.6 is 0 Å². The zero-order valence-electron chi connectivity index (χ0n) is 18.3. The van der Waals surface area contributed by atoms with E-state index in [0.29, 0.717) is 17.8 Å². The number of carbonyl (C=O) groups is 1. The normalized spacial score (nSPS) is 24.2. The number of hydrogen-bond acceptors (Lipinski definition) is 7. The van der Waals surface area contributed by atoms with Crippen LogP contribution in [0.15, 0.2) is 45.9 Å². The van der Waals surface area contributed by atoms with Crippen molar-refractivity contribution in [1.82, 2.24) is 4.98 Å². The van der Waals surface area contributed by atoms with Gasteiger partial charge in [0.2, 0.25) is 0 Å². The third kappa shape index (κ3) is 4.08. The Kier molecular flexibility index (Phi) is 6.07. The summed E-state index contributed by atoms with van der Waals surface area (Å²) in [5.74, 6) is -0.942. The fourth-order valence-electron chi connectivity index (χ4n) is 3.52. The van der Waals surface area contributed by atoms with Crippen LogP contribution in [0.1, 0.15) is 49.3 Å². The molecule has 0 radical (unpaired) electrons. The van der Waals surface area contributed by atoms with E-state index in [1.807, 2.05) is 6.07 Å². The second-order valence-corrected chi connectivity index (χ2v) is 11.1. The van der Waals surface area contributed by atoms with E-state index in [-0.39, 0.29) is 22.8 Å². The summed E-state index contributed by atoms with van der Waals surface area (Å²) in [4.78, 5) is 21.0. The zero-order valence-corrected chi connectivity index (χ0v) is 19.2. The van der Waals surface area contributed by atoms with Crippen molar-refractivity contribution in [2.75, 3.05) is 17.6 Å². The van der Waals surface area contributed by atoms with Gasteiger partial charge < -0.3 is 11.1 Å². The molecule has 32 heavy (non-hydrogen) atoms. The van der Waals surface area contributed by atoms with E-state index in [2.05, 4.69) is 19.7 Å². The maximum atomic E-state index is 14.9. The summed E-state index contributed by atoms with van der Waals surface area (Å²) in [6.07, 6.45) is 1.29. The number of aromatic nitrogens is 1. The van der Waals surface area contributed by atoms with Crippen LogP contribution in [0.5, 0.6) is 0 Å². The summed E-state index contributed by atoms with van der Waals surface area (Å²) < 4.78 is 32.0. The molecule has 0 fully saturated rings. The minimum Gasteiger partial charge on any atom is -0.386 e. The van der Waals surface area contributed by atoms with Gasteiger partial charge in [-0.25, -0.2) is 17.9 Å². The molecule has 1 aromatic heterocycles. The number of nitrogens with two attached hydrogens (primary N) is 1. The molecule has 10 heteroatoms. The Bertz CT molecular complexity index is 1260. The molecule has 0 aliphatic carbocycles. The number of nitrogens with zero attached hydrogens (tertiary/aromatic N) is 4. The van der Waals surface area contributed by atoms with Crippen molar-refractivity contribution in [3.8, 4) is 6.07 Å². The molecule has 1 aliphatic heterocycles. The predicted molar refractivity (Wildman–Crippen MR) is 122 cm³/mol. The molecule has 2 heterocycles. The van der Waals surface area contributed by atoms with E-state index < -0.39 is 31.7 Å². The molecule has 1 amide bonds. The highest BCUT2D eigenvalue weighted by Crippen LogP contribution is 2.39. The lowest BCUT2D eigenvalue weighted by Crippen LogP contribution is -2.54. The molecule has 8 nitrogen and oxygen atoms in total. The summed E-state index contributed by atoms with van der Waals surface area (Å²) in [6.45, 7) is 7.23. The monoisotopic (exact) mass is 456 g/mol. The molecular formula is C22H25FN6O2S. The smallest absolute Gasteiger partial charge is 0.274 e. The number of hydrogen-bond donors (Lipinski definition) is 2. The number of nitrogens with one attached hydrogen (secondary N) is 1. The lowest BCUT2D eigenvalue weighted by Gasteiger charge is -2.40. The zero-order chi connectivity index (χ0) is 23.7. The molecule has 3 rings (SSSR count). The maximum absolute atomic E-state index is 14.9. The molecule has 1 aromatic carbocycles. The Morgan fingerprint density at radius 2 is 2.06 bits per heavy atom. The molecule has 168 valence electrons. The highest BCUT2D eigenvalue weighted by atomic mass is 32.2. The summed E-state index contributed by atoms with van der Waals surface area (Å²) in [7, 11) is -2.85. The summed E-state index contributed by atoms with van der Waals surface area (Å²) in [6, 6.07) is 8.92. The molecule has 0 bridgehead atoms. The first-order valence-electron chi connectivity index (χ1n) is 9.99. The first-order chi connectivity index (χ1) is 15.0. The number of nitriles is 1. The minimum atomic E-state index is -2.85. The lowest BCUT2D eigenvalue weighted by molar-refractivity contribution is 0.102. The number of amides is 1. The Balaban J connectivity index is 2.00. The highest BCUT2D eigenvalue weighted by molar-refractivity contribution is 7.95. The van der Waals surface area contributed by atoms with Gasteiger partial charge in [-0.2, -0.15) is 5.26 Å². The van der Waals surface area contributed by atoms with Crippen LogP contribution < -0.4 is 11.1 Å². The fraction of sp³-hybridized carbons (Fsp3) is 0.364. The number of rotatable bonds is 4. The van der Waals surface area contributed by atoms with Gasteiger partial charge in [0.25, 0.3) is 5.91 Å². The van der Waals surface area contributed by atoms with E-state index in [9.17, 15) is 13.4 Å². The van der Waals surface area contributed by atoms with E-state index >= 15 is 0 Å². The molecule has 0 spiro atoms. The average molecular weight is 457 g/mol. The van der Waals surface area contributed by atoms with E-state index in [1.54, 1.807) is 27.7 Å². The van der Waals surface area contributed by atoms with E-state index in [4.69, 9.17) is 11.0 Å². The summed E-state index contributed by atoms with van der Waals surface area (Å²) in [5.41, 5.74) is 5.86. The van der Waals surface area contributed by atoms with Crippen LogP contribution in [0.2, 0.25) is 0 Å². The van der Waals surface area contributed by atoms with Crippen LogP contribution in [-0.4, -0.2) is 38.0 Å². The molecule has 1 aliphatic rings. The van der Waals surface area contributed by atoms with Crippen molar-refractivity contribution in [1.29, 1.82) is 5.26 Å². The third-order valence-electron chi connectivity index (χ3n) is 5.53. The number of aliphatic imine (C=N–C) groups is 1. The summed E-state index contributed by atoms with van der Waals surface area (Å²) >= 11 is 0. The number of pyridine rings is 1. The number of halogens is 1. The van der Waals surface area contributed by atoms with Crippen molar-refractivity contribution in [3.63, 3.8) is 0 Å². The quantitative estimate of drug-likeness (QED) is 0.729. The van der Waals surface area contributed by atoms with Gasteiger partial charge >= 0.3 is 0 Å². The molecule has 2 aromatic rings. The third-order valence-corrected chi connectivity index (χ3v) is 8.96. The molecule has 1 unspecified atom stereocenters. The van der Waals surface area contributed by atoms with Crippen molar-refractivity contribution in [2.45, 2.75) is 38.0 Å². The van der Waals surface area contributed by atoms with Crippen LogP contribution in [0.4, 0.5) is 10.1 Å². The van der Waals surface area contributed by atoms with Gasteiger partial charge in [-0.1, -0.05) is 0 Å². The van der Waals surface area contributed by atoms with Crippen molar-refractivity contribution >= 4 is 27.2 Å². The van der Waals surface area contributed by atoms with E-state index in [0.717, 1.165) is 0 Å². The van der Waals surface area contributed by atoms with Crippen molar-refractivity contribution in [2.24, 2.45) is 15.1 Å². The second-order valence-electron chi connectivity index (χ2n) is 8.20. The van der Waals surface area contributed by atoms with Gasteiger partial charge in [-0.15, -0.1) is 0 Å². The maximum Gasteiger partial charge on any atom is 0.274 e. The Hall–Kier alpha value is -3.32. The Morgan fingerprint density at radius 1 is 1.34 bits per heavy atom. The number of carbonyl (C=O) groups excluding carboxylic acids is 1. The van der Waals surface area contributed by atoms with Gasteiger partial charge in [-0.3, -0.25) is 9.79 Å². The van der Waals surface area contributed by atoms with Gasteiger partial charge in [-0.05, 0) is 58.0 Å². The number of benzene rings is 1. The van der Waals surface area contributed by atoms with Crippen LogP contribution in [0.25, 0.3) is 0 Å². The van der Waals surface area contributed by atoms with Gasteiger partial charge in [0.15, 0.2) is 0 Å². The van der Waals surface area contributed by atoms with Crippen LogP contribution in [0.3, 0.4) is 0 Å². The summed E-state index contributed by atoms with van der Waals surface area (Å²) in [5, 5.41) is 11.5. The Morgan fingerprint density at radius 3 is 2.66 bits per heavy atom. The van der Waals surface area contributed by atoms with Gasteiger partial charge in [0.05, 0.1) is 21.0 Å². The van der Waals surface area contributed by atoms with Gasteiger partial charge in [0.1, 0.15) is 33.7 Å². The lowest BCUT2D eigenvalue weighted by atomic mass is 9.92. The minimum absolute atomic E-state index is 0.00691. The number of amidine groups is 1. The standard InChI is InChI=1S/C22H25FN6O2S/c1-5-27-32(31)13-22(4,29-20(25)21(32,2)3)16-10-15(7-8-17(16)23)28-19(30)18-9-6-14(11-24)12-26-18/h6-10,12H,5,13H2,1-4H3,(H2,25,29)(H,28,30)/t22-,32?/m0/s1. The van der Waals surface area contributed by atoms with Crippen molar-refractivity contribution in [3.05, 3.63) is 59.2 Å². The second kappa shape index (κ2) is 8.31. The molecule has 0 saturated heterocycles. The predicted octanol–water partition coefficient (Wildman–Crippen LogP) is 3.20. The molecule has 0 saturated carbocycles. The SMILES string of the molecule is CCN=S1(=O)C[C@@](C)(c2cc(NC(=O)c3ccc(C#N)cn3)ccc2F)N=C(N)C1(C)C. The van der Waals surface area contributed by atoms with Crippen LogP contribution in [0, 0.1) is 17.1 Å². The van der Waals surface area contributed by atoms with Crippen molar-refractivity contribution < 1.29 is 13.4 Å². The highest BCUT2D eigenvalue weighted by Gasteiger charge is 2.47. The average Bonchev–Trinajstić information content (AvgIpc) is 2.74. The topological polar surface area (TPSA) is 134 Å².